The van der Waals surface area contributed by atoms with E-state index < -0.39 is 0 Å². The summed E-state index contributed by atoms with van der Waals surface area (Å²) in [6, 6.07) is 35.4. The Hall–Kier alpha value is -4.68. The fourth-order valence-electron chi connectivity index (χ4n) is 4.21. The SMILES string of the molecule is COc1ccc(-c2cc(=Nc3nc(-c4ccc(Oc5ccccc5)cc4)c(C)s3)c3ccccc3o2)cc1. The Morgan fingerprint density at radius 3 is 2.16 bits per heavy atom. The number of aromatic nitrogens is 1. The Balaban J connectivity index is 1.36. The van der Waals surface area contributed by atoms with E-state index in [0.29, 0.717) is 5.13 Å². The van der Waals surface area contributed by atoms with Crippen molar-refractivity contribution >= 4 is 27.4 Å². The standard InChI is InChI=1S/C32H24N2O3S/c1-21-31(23-14-18-26(19-15-23)36-25-8-4-3-5-9-25)34-32(38-21)33-28-20-30(22-12-16-24(35-2)17-13-22)37-29-11-7-6-10-27(28)29/h3-20H,1-2H3. The van der Waals surface area contributed by atoms with Crippen LogP contribution in [0.5, 0.6) is 17.2 Å². The Labute approximate surface area is 224 Å². The topological polar surface area (TPSA) is 56.9 Å². The van der Waals surface area contributed by atoms with Gasteiger partial charge >= 0.3 is 0 Å². The van der Waals surface area contributed by atoms with Crippen molar-refractivity contribution in [3.05, 3.63) is 119 Å². The van der Waals surface area contributed by atoms with Gasteiger partial charge in [0, 0.05) is 27.5 Å². The van der Waals surface area contributed by atoms with Gasteiger partial charge in [0.05, 0.1) is 18.2 Å². The quantitative estimate of drug-likeness (QED) is 0.222. The van der Waals surface area contributed by atoms with E-state index >= 15 is 0 Å². The summed E-state index contributed by atoms with van der Waals surface area (Å²) in [6.45, 7) is 2.07. The van der Waals surface area contributed by atoms with Gasteiger partial charge in [-0.2, -0.15) is 0 Å². The number of para-hydroxylation sites is 2. The molecular formula is C32H24N2O3S. The first-order chi connectivity index (χ1) is 18.7. The van der Waals surface area contributed by atoms with E-state index in [0.717, 1.165) is 61.0 Å². The normalized spacial score (nSPS) is 11.6. The molecule has 4 aromatic carbocycles. The monoisotopic (exact) mass is 516 g/mol. The number of ether oxygens (including phenoxy) is 2. The molecule has 6 heteroatoms. The third-order valence-electron chi connectivity index (χ3n) is 6.13. The molecule has 2 aromatic heterocycles. The predicted molar refractivity (Wildman–Crippen MR) is 152 cm³/mol. The molecule has 6 rings (SSSR count). The number of hydrogen-bond acceptors (Lipinski definition) is 6. The van der Waals surface area contributed by atoms with E-state index in [1.54, 1.807) is 18.4 Å². The lowest BCUT2D eigenvalue weighted by Crippen LogP contribution is -2.03. The summed E-state index contributed by atoms with van der Waals surface area (Å²) in [7, 11) is 1.66. The van der Waals surface area contributed by atoms with Crippen molar-refractivity contribution in [2.24, 2.45) is 4.99 Å². The van der Waals surface area contributed by atoms with Crippen LogP contribution in [-0.2, 0) is 0 Å². The maximum absolute atomic E-state index is 6.22. The first kappa shape index (κ1) is 23.7. The highest BCUT2D eigenvalue weighted by Crippen LogP contribution is 2.33. The molecule has 38 heavy (non-hydrogen) atoms. The zero-order valence-corrected chi connectivity index (χ0v) is 21.7. The van der Waals surface area contributed by atoms with Crippen molar-refractivity contribution in [2.45, 2.75) is 6.92 Å². The zero-order chi connectivity index (χ0) is 25.9. The van der Waals surface area contributed by atoms with E-state index in [4.69, 9.17) is 23.9 Å². The number of fused-ring (bicyclic) bond motifs is 1. The fourth-order valence-corrected chi connectivity index (χ4v) is 5.03. The molecule has 0 atom stereocenters. The summed E-state index contributed by atoms with van der Waals surface area (Å²) in [4.78, 5) is 11.0. The number of methoxy groups -OCH3 is 1. The van der Waals surface area contributed by atoms with Crippen molar-refractivity contribution in [3.8, 4) is 39.8 Å². The van der Waals surface area contributed by atoms with Crippen LogP contribution in [0.15, 0.2) is 119 Å². The molecule has 0 bridgehead atoms. The van der Waals surface area contributed by atoms with Crippen LogP contribution in [0.1, 0.15) is 4.88 Å². The van der Waals surface area contributed by atoms with Crippen molar-refractivity contribution in [1.29, 1.82) is 0 Å². The highest BCUT2D eigenvalue weighted by molar-refractivity contribution is 7.15. The van der Waals surface area contributed by atoms with Gasteiger partial charge in [-0.05, 0) is 79.7 Å². The van der Waals surface area contributed by atoms with Crippen LogP contribution >= 0.6 is 11.3 Å². The summed E-state index contributed by atoms with van der Waals surface area (Å²) < 4.78 is 17.5. The van der Waals surface area contributed by atoms with Gasteiger partial charge in [-0.15, -0.1) is 0 Å². The molecule has 186 valence electrons. The summed E-state index contributed by atoms with van der Waals surface area (Å²) in [5.74, 6) is 3.11. The second-order valence-electron chi connectivity index (χ2n) is 8.67. The zero-order valence-electron chi connectivity index (χ0n) is 20.9. The lowest BCUT2D eigenvalue weighted by atomic mass is 10.1. The third-order valence-corrected chi connectivity index (χ3v) is 7.00. The van der Waals surface area contributed by atoms with Crippen LogP contribution in [0, 0.1) is 6.92 Å². The number of thiazole rings is 1. The number of benzene rings is 4. The molecule has 0 unspecified atom stereocenters. The third kappa shape index (κ3) is 4.94. The van der Waals surface area contributed by atoms with E-state index in [2.05, 4.69) is 6.92 Å². The van der Waals surface area contributed by atoms with Gasteiger partial charge in [0.15, 0.2) is 0 Å². The molecule has 0 saturated carbocycles. The van der Waals surface area contributed by atoms with E-state index in [1.807, 2.05) is 109 Å². The predicted octanol–water partition coefficient (Wildman–Crippen LogP) is 8.57. The number of rotatable bonds is 6. The van der Waals surface area contributed by atoms with Crippen LogP contribution in [0.3, 0.4) is 0 Å². The van der Waals surface area contributed by atoms with Crippen LogP contribution in [0.2, 0.25) is 0 Å². The molecule has 0 N–H and O–H groups in total. The average molecular weight is 517 g/mol. The molecule has 6 aromatic rings. The maximum atomic E-state index is 6.22. The summed E-state index contributed by atoms with van der Waals surface area (Å²) >= 11 is 1.57. The lowest BCUT2D eigenvalue weighted by molar-refractivity contribution is 0.415. The van der Waals surface area contributed by atoms with Crippen LogP contribution in [-0.4, -0.2) is 12.1 Å². The Bertz CT molecular complexity index is 1770. The average Bonchev–Trinajstić information content (AvgIpc) is 3.33. The van der Waals surface area contributed by atoms with E-state index in [1.165, 1.54) is 0 Å². The number of aryl methyl sites for hydroxylation is 1. The van der Waals surface area contributed by atoms with Crippen LogP contribution < -0.4 is 14.8 Å². The molecule has 2 heterocycles. The van der Waals surface area contributed by atoms with Gasteiger partial charge in [-0.25, -0.2) is 9.98 Å². The van der Waals surface area contributed by atoms with Gasteiger partial charge < -0.3 is 13.9 Å². The van der Waals surface area contributed by atoms with Crippen LogP contribution in [0.25, 0.3) is 33.6 Å². The molecule has 0 aliphatic heterocycles. The van der Waals surface area contributed by atoms with Gasteiger partial charge in [-0.1, -0.05) is 41.7 Å². The Morgan fingerprint density at radius 2 is 1.39 bits per heavy atom. The molecular weight excluding hydrogens is 492 g/mol. The second-order valence-corrected chi connectivity index (χ2v) is 9.85. The Morgan fingerprint density at radius 1 is 0.737 bits per heavy atom. The summed E-state index contributed by atoms with van der Waals surface area (Å²) in [5.41, 5.74) is 3.65. The van der Waals surface area contributed by atoms with Gasteiger partial charge in [0.25, 0.3) is 0 Å². The van der Waals surface area contributed by atoms with Crippen LogP contribution in [0.4, 0.5) is 5.13 Å². The minimum atomic E-state index is 0.694. The van der Waals surface area contributed by atoms with Crippen molar-refractivity contribution in [3.63, 3.8) is 0 Å². The highest BCUT2D eigenvalue weighted by atomic mass is 32.1. The maximum Gasteiger partial charge on any atom is 0.210 e. The van der Waals surface area contributed by atoms with Gasteiger partial charge in [0.1, 0.15) is 28.6 Å². The van der Waals surface area contributed by atoms with E-state index in [-0.39, 0.29) is 0 Å². The van der Waals surface area contributed by atoms with Gasteiger partial charge in [0.2, 0.25) is 5.13 Å². The number of nitrogens with zero attached hydrogens (tertiary/aromatic N) is 2. The molecule has 0 aliphatic rings. The van der Waals surface area contributed by atoms with Crippen molar-refractivity contribution in [1.82, 2.24) is 4.98 Å². The largest absolute Gasteiger partial charge is 0.497 e. The summed E-state index contributed by atoms with van der Waals surface area (Å²) in [5, 5.41) is 2.44. The smallest absolute Gasteiger partial charge is 0.210 e. The van der Waals surface area contributed by atoms with Crippen molar-refractivity contribution < 1.29 is 13.9 Å². The molecule has 0 amide bonds. The Kier molecular flexibility index (Phi) is 6.46. The summed E-state index contributed by atoms with van der Waals surface area (Å²) in [6.07, 6.45) is 0. The molecule has 0 aliphatic carbocycles. The van der Waals surface area contributed by atoms with Crippen molar-refractivity contribution in [2.75, 3.05) is 7.11 Å². The number of hydrogen-bond donors (Lipinski definition) is 0. The molecule has 0 spiro atoms. The fraction of sp³-hybridized carbons (Fsp3) is 0.0625. The first-order valence-electron chi connectivity index (χ1n) is 12.2. The second kappa shape index (κ2) is 10.4. The minimum Gasteiger partial charge on any atom is -0.497 e. The molecule has 0 radical (unpaired) electrons. The molecule has 0 saturated heterocycles. The highest BCUT2D eigenvalue weighted by Gasteiger charge is 2.12. The molecule has 5 nitrogen and oxygen atoms in total. The van der Waals surface area contributed by atoms with E-state index in [9.17, 15) is 0 Å². The lowest BCUT2D eigenvalue weighted by Gasteiger charge is -2.06. The molecule has 0 fully saturated rings. The first-order valence-corrected chi connectivity index (χ1v) is 13.0. The minimum absolute atomic E-state index is 0.694. The van der Waals surface area contributed by atoms with Gasteiger partial charge in [-0.3, -0.25) is 0 Å².